The SMILES string of the molecule is CCC(C(=O)NC(C)(C)C)N(Cc1c(Cl)cccc1Cl)C(=O)CN(c1ccccc1OC)S(=O)(=O)c1ccc(C)cc1. The highest BCUT2D eigenvalue weighted by Crippen LogP contribution is 2.33. The van der Waals surface area contributed by atoms with Crippen LogP contribution in [0.5, 0.6) is 5.75 Å². The molecule has 0 aromatic heterocycles. The van der Waals surface area contributed by atoms with Gasteiger partial charge in [0, 0.05) is 27.7 Å². The molecule has 3 aromatic carbocycles. The molecule has 0 radical (unpaired) electrons. The molecular weight excluding hydrogens is 597 g/mol. The van der Waals surface area contributed by atoms with Crippen LogP contribution in [0.15, 0.2) is 71.6 Å². The van der Waals surface area contributed by atoms with Crippen molar-refractivity contribution in [1.29, 1.82) is 0 Å². The lowest BCUT2D eigenvalue weighted by atomic mass is 10.1. The van der Waals surface area contributed by atoms with E-state index >= 15 is 0 Å². The van der Waals surface area contributed by atoms with Gasteiger partial charge in [-0.1, -0.05) is 66.0 Å². The summed E-state index contributed by atoms with van der Waals surface area (Å²) in [7, 11) is -2.83. The quantitative estimate of drug-likeness (QED) is 0.270. The normalized spacial score (nSPS) is 12.4. The first kappa shape index (κ1) is 33.2. The lowest BCUT2D eigenvalue weighted by Crippen LogP contribution is -2.55. The van der Waals surface area contributed by atoms with Crippen molar-refractivity contribution in [3.63, 3.8) is 0 Å². The first-order chi connectivity index (χ1) is 19.7. The van der Waals surface area contributed by atoms with Gasteiger partial charge in [0.2, 0.25) is 11.8 Å². The van der Waals surface area contributed by atoms with E-state index in [1.807, 2.05) is 27.7 Å². The lowest BCUT2D eigenvalue weighted by Gasteiger charge is -2.35. The van der Waals surface area contributed by atoms with E-state index in [0.29, 0.717) is 15.6 Å². The Hall–Kier alpha value is -3.27. The number of benzene rings is 3. The number of amides is 2. The van der Waals surface area contributed by atoms with E-state index in [2.05, 4.69) is 5.32 Å². The summed E-state index contributed by atoms with van der Waals surface area (Å²) in [6.45, 7) is 8.42. The van der Waals surface area contributed by atoms with Gasteiger partial charge in [0.25, 0.3) is 10.0 Å². The Kier molecular flexibility index (Phi) is 10.9. The molecule has 42 heavy (non-hydrogen) atoms. The molecule has 2 amide bonds. The Bertz CT molecular complexity index is 1500. The summed E-state index contributed by atoms with van der Waals surface area (Å²) in [5, 5.41) is 3.57. The summed E-state index contributed by atoms with van der Waals surface area (Å²) in [6, 6.07) is 16.9. The monoisotopic (exact) mass is 633 g/mol. The zero-order chi connectivity index (χ0) is 31.2. The number of aryl methyl sites for hydroxylation is 1. The summed E-state index contributed by atoms with van der Waals surface area (Å²) in [6.07, 6.45) is 0.259. The predicted octanol–water partition coefficient (Wildman–Crippen LogP) is 6.23. The van der Waals surface area contributed by atoms with Gasteiger partial charge in [-0.05, 0) is 70.5 Å². The van der Waals surface area contributed by atoms with Gasteiger partial charge >= 0.3 is 0 Å². The van der Waals surface area contributed by atoms with E-state index in [-0.39, 0.29) is 35.2 Å². The van der Waals surface area contributed by atoms with Gasteiger partial charge in [-0.3, -0.25) is 13.9 Å². The number of carbonyl (C=O) groups excluding carboxylic acids is 2. The minimum atomic E-state index is -4.25. The maximum Gasteiger partial charge on any atom is 0.264 e. The van der Waals surface area contributed by atoms with Crippen molar-refractivity contribution in [3.8, 4) is 5.75 Å². The highest BCUT2D eigenvalue weighted by molar-refractivity contribution is 7.92. The van der Waals surface area contributed by atoms with Crippen LogP contribution in [0.25, 0.3) is 0 Å². The van der Waals surface area contributed by atoms with Gasteiger partial charge in [0.15, 0.2) is 0 Å². The summed E-state index contributed by atoms with van der Waals surface area (Å²) in [5.41, 5.74) is 0.935. The van der Waals surface area contributed by atoms with Crippen molar-refractivity contribution in [3.05, 3.63) is 87.9 Å². The van der Waals surface area contributed by atoms with Crippen molar-refractivity contribution in [1.82, 2.24) is 10.2 Å². The Morgan fingerprint density at radius 3 is 2.10 bits per heavy atom. The van der Waals surface area contributed by atoms with Crippen molar-refractivity contribution in [2.75, 3.05) is 18.0 Å². The van der Waals surface area contributed by atoms with E-state index in [1.54, 1.807) is 61.5 Å². The van der Waals surface area contributed by atoms with E-state index in [1.165, 1.54) is 24.1 Å². The van der Waals surface area contributed by atoms with Gasteiger partial charge in [0.1, 0.15) is 18.3 Å². The molecule has 3 rings (SSSR count). The maximum absolute atomic E-state index is 14.3. The minimum Gasteiger partial charge on any atom is -0.495 e. The van der Waals surface area contributed by atoms with Crippen LogP contribution in [-0.2, 0) is 26.2 Å². The van der Waals surface area contributed by atoms with Crippen molar-refractivity contribution < 1.29 is 22.7 Å². The van der Waals surface area contributed by atoms with Gasteiger partial charge in [-0.2, -0.15) is 0 Å². The van der Waals surface area contributed by atoms with E-state index in [0.717, 1.165) is 9.87 Å². The average molecular weight is 635 g/mol. The van der Waals surface area contributed by atoms with Gasteiger partial charge in [-0.15, -0.1) is 0 Å². The first-order valence-corrected chi connectivity index (χ1v) is 15.7. The number of hydrogen-bond donors (Lipinski definition) is 1. The molecule has 1 unspecified atom stereocenters. The van der Waals surface area contributed by atoms with Gasteiger partial charge in [0.05, 0.1) is 17.7 Å². The molecule has 0 heterocycles. The number of carbonyl (C=O) groups is 2. The molecule has 0 aliphatic rings. The Morgan fingerprint density at radius 2 is 1.55 bits per heavy atom. The molecule has 0 bridgehead atoms. The number of nitrogens with zero attached hydrogens (tertiary/aromatic N) is 2. The number of sulfonamides is 1. The third-order valence-electron chi connectivity index (χ3n) is 6.52. The molecule has 0 spiro atoms. The van der Waals surface area contributed by atoms with Crippen LogP contribution in [0, 0.1) is 6.92 Å². The second-order valence-electron chi connectivity index (χ2n) is 10.9. The van der Waals surface area contributed by atoms with Crippen molar-refractivity contribution >= 4 is 50.7 Å². The predicted molar refractivity (Wildman–Crippen MR) is 168 cm³/mol. The molecule has 11 heteroatoms. The maximum atomic E-state index is 14.3. The van der Waals surface area contributed by atoms with Crippen LogP contribution in [0.3, 0.4) is 0 Å². The fourth-order valence-electron chi connectivity index (χ4n) is 4.41. The molecule has 0 aliphatic heterocycles. The summed E-state index contributed by atoms with van der Waals surface area (Å²) in [5.74, 6) is -0.741. The van der Waals surface area contributed by atoms with Crippen molar-refractivity contribution in [2.24, 2.45) is 0 Å². The molecule has 8 nitrogen and oxygen atoms in total. The van der Waals surface area contributed by atoms with Crippen LogP contribution in [0.1, 0.15) is 45.2 Å². The van der Waals surface area contributed by atoms with E-state index in [9.17, 15) is 18.0 Å². The van der Waals surface area contributed by atoms with Crippen LogP contribution in [-0.4, -0.2) is 50.4 Å². The Balaban J connectivity index is 2.15. The number of ether oxygens (including phenoxy) is 1. The second kappa shape index (κ2) is 13.8. The number of hydrogen-bond acceptors (Lipinski definition) is 5. The standard InChI is InChI=1S/C31H37Cl2N3O5S/c1-7-26(30(38)34-31(3,4)5)35(19-23-24(32)11-10-12-25(23)33)29(37)20-36(27-13-8-9-14-28(27)41-6)42(39,40)22-17-15-21(2)16-18-22/h8-18,26H,7,19-20H2,1-6H3,(H,34,38). The highest BCUT2D eigenvalue weighted by atomic mass is 35.5. The molecule has 3 aromatic rings. The Morgan fingerprint density at radius 1 is 0.952 bits per heavy atom. The molecule has 0 aliphatic carbocycles. The van der Waals surface area contributed by atoms with E-state index in [4.69, 9.17) is 27.9 Å². The molecule has 1 N–H and O–H groups in total. The number of anilines is 1. The first-order valence-electron chi connectivity index (χ1n) is 13.5. The van der Waals surface area contributed by atoms with Gasteiger partial charge in [-0.25, -0.2) is 8.42 Å². The summed E-state index contributed by atoms with van der Waals surface area (Å²) >= 11 is 12.9. The number of halogens is 2. The zero-order valence-electron chi connectivity index (χ0n) is 24.6. The Labute approximate surface area is 258 Å². The second-order valence-corrected chi connectivity index (χ2v) is 13.6. The molecular formula is C31H37Cl2N3O5S. The topological polar surface area (TPSA) is 96.0 Å². The van der Waals surface area contributed by atoms with Crippen molar-refractivity contribution in [2.45, 2.75) is 64.1 Å². The fraction of sp³-hybridized carbons (Fsp3) is 0.355. The van der Waals surface area contributed by atoms with E-state index < -0.39 is 34.1 Å². The van der Waals surface area contributed by atoms with Crippen LogP contribution >= 0.6 is 23.2 Å². The lowest BCUT2D eigenvalue weighted by molar-refractivity contribution is -0.141. The molecule has 0 fully saturated rings. The number of para-hydroxylation sites is 2. The number of nitrogens with one attached hydrogen (secondary N) is 1. The highest BCUT2D eigenvalue weighted by Gasteiger charge is 2.36. The van der Waals surface area contributed by atoms with Crippen LogP contribution < -0.4 is 14.4 Å². The third kappa shape index (κ3) is 7.96. The molecule has 1 atom stereocenters. The fourth-order valence-corrected chi connectivity index (χ4v) is 6.35. The summed E-state index contributed by atoms with van der Waals surface area (Å²) in [4.78, 5) is 29.1. The van der Waals surface area contributed by atoms with Gasteiger partial charge < -0.3 is 15.0 Å². The molecule has 0 saturated heterocycles. The largest absolute Gasteiger partial charge is 0.495 e. The molecule has 0 saturated carbocycles. The minimum absolute atomic E-state index is 0.00465. The molecule has 226 valence electrons. The summed E-state index contributed by atoms with van der Waals surface area (Å²) < 4.78 is 34.6. The zero-order valence-corrected chi connectivity index (χ0v) is 27.0. The average Bonchev–Trinajstić information content (AvgIpc) is 2.92. The number of rotatable bonds is 11. The smallest absolute Gasteiger partial charge is 0.264 e. The number of methoxy groups -OCH3 is 1. The van der Waals surface area contributed by atoms with Crippen LogP contribution in [0.4, 0.5) is 5.69 Å². The van der Waals surface area contributed by atoms with Crippen LogP contribution in [0.2, 0.25) is 10.0 Å². The third-order valence-corrected chi connectivity index (χ3v) is 9.00.